The van der Waals surface area contributed by atoms with E-state index in [1.54, 1.807) is 0 Å². The molecule has 0 heterocycles. The molecule has 0 aromatic heterocycles. The van der Waals surface area contributed by atoms with Crippen LogP contribution in [0.15, 0.2) is 0 Å². The van der Waals surface area contributed by atoms with E-state index in [2.05, 4.69) is 4.74 Å². The summed E-state index contributed by atoms with van der Waals surface area (Å²) in [5.74, 6) is -0.0816. The lowest BCUT2D eigenvalue weighted by molar-refractivity contribution is -0.144. The van der Waals surface area contributed by atoms with Crippen molar-refractivity contribution < 1.29 is 9.53 Å². The van der Waals surface area contributed by atoms with E-state index in [-0.39, 0.29) is 24.5 Å². The standard InChI is InChI=1S/C5H10ClNO2/c1-4(8)9-5(2-6)3-7/h5H,2-3,7H2,1H3/t5-/m1/s1. The van der Waals surface area contributed by atoms with E-state index in [0.717, 1.165) is 0 Å². The largest absolute Gasteiger partial charge is 0.460 e. The molecule has 0 aromatic carbocycles. The average Bonchev–Trinajstić information content (AvgIpc) is 1.82. The Bertz CT molecular complexity index is 93.0. The minimum atomic E-state index is -0.342. The van der Waals surface area contributed by atoms with E-state index >= 15 is 0 Å². The van der Waals surface area contributed by atoms with E-state index < -0.39 is 0 Å². The molecule has 0 fully saturated rings. The second kappa shape index (κ2) is 4.58. The molecule has 0 saturated carbocycles. The zero-order chi connectivity index (χ0) is 7.28. The summed E-state index contributed by atoms with van der Waals surface area (Å²) in [5.41, 5.74) is 5.17. The molecule has 0 bridgehead atoms. The van der Waals surface area contributed by atoms with E-state index in [4.69, 9.17) is 17.3 Å². The second-order valence-corrected chi connectivity index (χ2v) is 1.93. The number of esters is 1. The Morgan fingerprint density at radius 1 is 1.89 bits per heavy atom. The van der Waals surface area contributed by atoms with Crippen LogP contribution in [0.25, 0.3) is 0 Å². The molecule has 0 spiro atoms. The summed E-state index contributed by atoms with van der Waals surface area (Å²) in [7, 11) is 0. The van der Waals surface area contributed by atoms with Crippen molar-refractivity contribution in [3.8, 4) is 0 Å². The minimum absolute atomic E-state index is 0.260. The van der Waals surface area contributed by atoms with Crippen LogP contribution in [0.1, 0.15) is 6.92 Å². The maximum absolute atomic E-state index is 10.2. The van der Waals surface area contributed by atoms with Crippen LogP contribution in [-0.2, 0) is 9.53 Å². The maximum Gasteiger partial charge on any atom is 0.302 e. The molecule has 0 aliphatic rings. The second-order valence-electron chi connectivity index (χ2n) is 1.62. The summed E-state index contributed by atoms with van der Waals surface area (Å²) in [5, 5.41) is 0. The highest BCUT2D eigenvalue weighted by Gasteiger charge is 2.06. The van der Waals surface area contributed by atoms with Gasteiger partial charge in [0.05, 0.1) is 5.88 Å². The zero-order valence-corrected chi connectivity index (χ0v) is 6.02. The molecule has 0 rings (SSSR count). The molecule has 1 atom stereocenters. The Morgan fingerprint density at radius 2 is 2.44 bits per heavy atom. The van der Waals surface area contributed by atoms with Gasteiger partial charge in [0.2, 0.25) is 0 Å². The summed E-state index contributed by atoms with van der Waals surface area (Å²) in [6, 6.07) is 0. The van der Waals surface area contributed by atoms with Crippen molar-refractivity contribution in [3.63, 3.8) is 0 Å². The van der Waals surface area contributed by atoms with Crippen LogP contribution in [0.5, 0.6) is 0 Å². The van der Waals surface area contributed by atoms with Gasteiger partial charge in [0, 0.05) is 13.5 Å². The number of carbonyl (C=O) groups is 1. The van der Waals surface area contributed by atoms with E-state index in [9.17, 15) is 4.79 Å². The predicted molar refractivity (Wildman–Crippen MR) is 35.3 cm³/mol. The first-order valence-corrected chi connectivity index (χ1v) is 3.17. The minimum Gasteiger partial charge on any atom is -0.460 e. The fraction of sp³-hybridized carbons (Fsp3) is 0.800. The molecule has 0 amide bonds. The van der Waals surface area contributed by atoms with Crippen molar-refractivity contribution in [1.29, 1.82) is 0 Å². The normalized spacial score (nSPS) is 12.8. The lowest BCUT2D eigenvalue weighted by Gasteiger charge is -2.09. The van der Waals surface area contributed by atoms with Gasteiger partial charge in [-0.25, -0.2) is 0 Å². The van der Waals surface area contributed by atoms with Crippen LogP contribution in [0.3, 0.4) is 0 Å². The van der Waals surface area contributed by atoms with Crippen molar-refractivity contribution in [2.75, 3.05) is 12.4 Å². The van der Waals surface area contributed by atoms with Crippen LogP contribution in [-0.4, -0.2) is 24.5 Å². The molecule has 0 radical (unpaired) electrons. The molecule has 0 aliphatic heterocycles. The highest BCUT2D eigenvalue weighted by molar-refractivity contribution is 6.18. The molecule has 54 valence electrons. The van der Waals surface area contributed by atoms with Crippen LogP contribution >= 0.6 is 11.6 Å². The van der Waals surface area contributed by atoms with Crippen molar-refractivity contribution in [3.05, 3.63) is 0 Å². The summed E-state index contributed by atoms with van der Waals surface area (Å²) in [4.78, 5) is 10.2. The molecule has 2 N–H and O–H groups in total. The highest BCUT2D eigenvalue weighted by atomic mass is 35.5. The van der Waals surface area contributed by atoms with Crippen LogP contribution in [0.2, 0.25) is 0 Å². The topological polar surface area (TPSA) is 52.3 Å². The third-order valence-electron chi connectivity index (χ3n) is 0.768. The van der Waals surface area contributed by atoms with Gasteiger partial charge in [0.25, 0.3) is 0 Å². The number of rotatable bonds is 3. The van der Waals surface area contributed by atoms with Crippen LogP contribution in [0.4, 0.5) is 0 Å². The number of carbonyl (C=O) groups excluding carboxylic acids is 1. The van der Waals surface area contributed by atoms with E-state index in [0.29, 0.717) is 0 Å². The predicted octanol–water partition coefficient (Wildman–Crippen LogP) is 0.116. The fourth-order valence-electron chi connectivity index (χ4n) is 0.377. The molecule has 0 aliphatic carbocycles. The first-order valence-electron chi connectivity index (χ1n) is 2.64. The van der Waals surface area contributed by atoms with Crippen LogP contribution in [0, 0.1) is 0 Å². The first kappa shape index (κ1) is 8.72. The van der Waals surface area contributed by atoms with Gasteiger partial charge in [-0.15, -0.1) is 11.6 Å². The number of hydrogen-bond donors (Lipinski definition) is 1. The van der Waals surface area contributed by atoms with Gasteiger partial charge in [-0.3, -0.25) is 4.79 Å². The van der Waals surface area contributed by atoms with E-state index in [1.807, 2.05) is 0 Å². The van der Waals surface area contributed by atoms with Crippen molar-refractivity contribution >= 4 is 17.6 Å². The molecule has 3 nitrogen and oxygen atoms in total. The van der Waals surface area contributed by atoms with Gasteiger partial charge < -0.3 is 10.5 Å². The Balaban J connectivity index is 3.43. The van der Waals surface area contributed by atoms with Crippen LogP contribution < -0.4 is 5.73 Å². The summed E-state index contributed by atoms with van der Waals surface area (Å²) in [6.07, 6.45) is -0.329. The number of nitrogens with two attached hydrogens (primary N) is 1. The van der Waals surface area contributed by atoms with Crippen molar-refractivity contribution in [2.45, 2.75) is 13.0 Å². The molecule has 4 heteroatoms. The highest BCUT2D eigenvalue weighted by Crippen LogP contribution is 1.92. The van der Waals surface area contributed by atoms with Gasteiger partial charge >= 0.3 is 5.97 Å². The maximum atomic E-state index is 10.2. The smallest absolute Gasteiger partial charge is 0.302 e. The SMILES string of the molecule is CC(=O)O[C@@H](CN)CCl. The lowest BCUT2D eigenvalue weighted by atomic mass is 10.4. The summed E-state index contributed by atoms with van der Waals surface area (Å²) >= 11 is 5.35. The lowest BCUT2D eigenvalue weighted by Crippen LogP contribution is -2.27. The van der Waals surface area contributed by atoms with Gasteiger partial charge in [0.15, 0.2) is 0 Å². The molecule has 9 heavy (non-hydrogen) atoms. The molecule has 0 aromatic rings. The van der Waals surface area contributed by atoms with Gasteiger partial charge in [-0.05, 0) is 0 Å². The average molecular weight is 152 g/mol. The Kier molecular flexibility index (Phi) is 4.44. The van der Waals surface area contributed by atoms with Crippen molar-refractivity contribution in [2.24, 2.45) is 5.73 Å². The molecule has 0 unspecified atom stereocenters. The van der Waals surface area contributed by atoms with Gasteiger partial charge in [-0.1, -0.05) is 0 Å². The number of alkyl halides is 1. The molecule has 0 saturated heterocycles. The number of hydrogen-bond acceptors (Lipinski definition) is 3. The Hall–Kier alpha value is -0.280. The summed E-state index contributed by atoms with van der Waals surface area (Å²) in [6.45, 7) is 1.61. The van der Waals surface area contributed by atoms with Gasteiger partial charge in [-0.2, -0.15) is 0 Å². The Morgan fingerprint density at radius 3 is 2.56 bits per heavy atom. The van der Waals surface area contributed by atoms with E-state index in [1.165, 1.54) is 6.92 Å². The fourth-order valence-corrected chi connectivity index (χ4v) is 0.566. The molecular formula is C5H10ClNO2. The zero-order valence-electron chi connectivity index (χ0n) is 5.26. The monoisotopic (exact) mass is 151 g/mol. The van der Waals surface area contributed by atoms with Gasteiger partial charge in [0.1, 0.15) is 6.10 Å². The quantitative estimate of drug-likeness (QED) is 0.460. The third kappa shape index (κ3) is 4.24. The molecular weight excluding hydrogens is 142 g/mol. The third-order valence-corrected chi connectivity index (χ3v) is 1.11. The Labute approximate surface area is 59.1 Å². The number of halogens is 1. The first-order chi connectivity index (χ1) is 4.20. The summed E-state index contributed by atoms with van der Waals surface area (Å²) < 4.78 is 4.65. The number of ether oxygens (including phenoxy) is 1. The van der Waals surface area contributed by atoms with Crippen molar-refractivity contribution in [1.82, 2.24) is 0 Å².